The number of nitro groups is 1. The molecule has 0 saturated carbocycles. The topological polar surface area (TPSA) is 114 Å². The zero-order valence-electron chi connectivity index (χ0n) is 18.5. The lowest BCUT2D eigenvalue weighted by atomic mass is 9.74. The third-order valence-corrected chi connectivity index (χ3v) is 6.68. The monoisotopic (exact) mass is 499 g/mol. The van der Waals surface area contributed by atoms with Crippen LogP contribution in [0.3, 0.4) is 0 Å². The van der Waals surface area contributed by atoms with E-state index in [9.17, 15) is 33.2 Å². The van der Waals surface area contributed by atoms with Gasteiger partial charge in [-0.15, -0.1) is 13.2 Å². The van der Waals surface area contributed by atoms with E-state index in [0.29, 0.717) is 11.1 Å². The van der Waals surface area contributed by atoms with Gasteiger partial charge in [0.1, 0.15) is 17.0 Å². The van der Waals surface area contributed by atoms with Crippen LogP contribution in [0, 0.1) is 10.1 Å². The van der Waals surface area contributed by atoms with Crippen molar-refractivity contribution in [1.29, 1.82) is 0 Å². The highest BCUT2D eigenvalue weighted by atomic mass is 19.4. The van der Waals surface area contributed by atoms with Crippen LogP contribution < -0.4 is 15.4 Å². The molecule has 186 valence electrons. The molecule has 5 rings (SSSR count). The van der Waals surface area contributed by atoms with Crippen LogP contribution in [0.25, 0.3) is 0 Å². The van der Waals surface area contributed by atoms with Crippen molar-refractivity contribution in [3.63, 3.8) is 0 Å². The van der Waals surface area contributed by atoms with E-state index in [0.717, 1.165) is 12.1 Å². The van der Waals surface area contributed by atoms with E-state index in [-0.39, 0.29) is 23.4 Å². The summed E-state index contributed by atoms with van der Waals surface area (Å²) in [5.41, 5.74) is -0.168. The van der Waals surface area contributed by atoms with Gasteiger partial charge in [-0.05, 0) is 47.9 Å². The highest BCUT2D eigenvalue weighted by Gasteiger charge is 2.66. The van der Waals surface area contributed by atoms with Crippen molar-refractivity contribution in [2.24, 2.45) is 0 Å². The van der Waals surface area contributed by atoms with Crippen molar-refractivity contribution in [1.82, 2.24) is 5.32 Å². The molecule has 1 spiro atoms. The number of phenols is 1. The van der Waals surface area contributed by atoms with Gasteiger partial charge in [0.05, 0.1) is 12.0 Å². The molecule has 1 saturated heterocycles. The van der Waals surface area contributed by atoms with E-state index in [4.69, 9.17) is 0 Å². The Morgan fingerprint density at radius 2 is 1.75 bits per heavy atom. The summed E-state index contributed by atoms with van der Waals surface area (Å²) in [5, 5.41) is 27.9. The number of carbonyl (C=O) groups is 1. The standard InChI is InChI=1S/C25H20F3N3O5/c26-25(27,28)36-17-10-11-19-18(13-17)24(23(33)29-19)21(15-4-2-1-3-5-15)22(31(34)35)20(30-24)12-14-6-8-16(32)9-7-14/h1-11,13,20-22,30,32H,12H2,(H,29,33). The van der Waals surface area contributed by atoms with Crippen LogP contribution in [0.5, 0.6) is 11.5 Å². The van der Waals surface area contributed by atoms with Crippen LogP contribution in [-0.4, -0.2) is 34.4 Å². The number of alkyl halides is 3. The smallest absolute Gasteiger partial charge is 0.508 e. The molecule has 0 aromatic heterocycles. The van der Waals surface area contributed by atoms with Gasteiger partial charge in [0, 0.05) is 16.2 Å². The van der Waals surface area contributed by atoms with E-state index >= 15 is 0 Å². The van der Waals surface area contributed by atoms with Crippen molar-refractivity contribution in [2.75, 3.05) is 5.32 Å². The van der Waals surface area contributed by atoms with E-state index in [1.54, 1.807) is 42.5 Å². The predicted octanol–water partition coefficient (Wildman–Crippen LogP) is 4.08. The average molecular weight is 499 g/mol. The van der Waals surface area contributed by atoms with Crippen LogP contribution in [0.1, 0.15) is 22.6 Å². The Morgan fingerprint density at radius 3 is 2.39 bits per heavy atom. The fraction of sp³-hybridized carbons (Fsp3) is 0.240. The number of anilines is 1. The molecule has 11 heteroatoms. The molecule has 4 atom stereocenters. The Bertz CT molecular complexity index is 1320. The highest BCUT2D eigenvalue weighted by molar-refractivity contribution is 6.07. The van der Waals surface area contributed by atoms with Crippen LogP contribution >= 0.6 is 0 Å². The van der Waals surface area contributed by atoms with Gasteiger partial charge in [-0.25, -0.2) is 0 Å². The molecular formula is C25H20F3N3O5. The van der Waals surface area contributed by atoms with Crippen molar-refractivity contribution >= 4 is 11.6 Å². The molecule has 2 aliphatic rings. The number of nitrogens with zero attached hydrogens (tertiary/aromatic N) is 1. The number of benzene rings is 3. The van der Waals surface area contributed by atoms with E-state index in [1.807, 2.05) is 0 Å². The molecule has 0 bridgehead atoms. The molecule has 3 N–H and O–H groups in total. The van der Waals surface area contributed by atoms with E-state index in [2.05, 4.69) is 15.4 Å². The van der Waals surface area contributed by atoms with Gasteiger partial charge in [0.25, 0.3) is 0 Å². The molecule has 3 aromatic rings. The number of phenolic OH excluding ortho intramolecular Hbond substituents is 1. The first kappa shape index (κ1) is 23.6. The summed E-state index contributed by atoms with van der Waals surface area (Å²) < 4.78 is 42.9. The maximum absolute atomic E-state index is 13.6. The molecule has 36 heavy (non-hydrogen) atoms. The summed E-state index contributed by atoms with van der Waals surface area (Å²) in [6, 6.07) is 15.9. The third kappa shape index (κ3) is 4.01. The third-order valence-electron chi connectivity index (χ3n) is 6.68. The maximum atomic E-state index is 13.6. The number of hydrogen-bond donors (Lipinski definition) is 3. The number of carbonyl (C=O) groups excluding carboxylic acids is 1. The fourth-order valence-corrected chi connectivity index (χ4v) is 5.34. The van der Waals surface area contributed by atoms with Gasteiger partial charge < -0.3 is 15.2 Å². The Balaban J connectivity index is 1.67. The van der Waals surface area contributed by atoms with E-state index < -0.39 is 46.5 Å². The summed E-state index contributed by atoms with van der Waals surface area (Å²) in [6.45, 7) is 0. The quantitative estimate of drug-likeness (QED) is 0.360. The van der Waals surface area contributed by atoms with Gasteiger partial charge in [-0.2, -0.15) is 0 Å². The molecule has 8 nitrogen and oxygen atoms in total. The number of amides is 1. The van der Waals surface area contributed by atoms with Crippen LogP contribution in [0.15, 0.2) is 72.8 Å². The van der Waals surface area contributed by atoms with E-state index in [1.165, 1.54) is 18.2 Å². The summed E-state index contributed by atoms with van der Waals surface area (Å²) in [5.74, 6) is -2.15. The number of hydrogen-bond acceptors (Lipinski definition) is 6. The molecule has 3 aromatic carbocycles. The van der Waals surface area contributed by atoms with Crippen molar-refractivity contribution in [3.8, 4) is 11.5 Å². The SMILES string of the molecule is O=C1Nc2ccc(OC(F)(F)F)cc2C12NC(Cc1ccc(O)cc1)C([N+](=O)[O-])C2c1ccccc1. The lowest BCUT2D eigenvalue weighted by molar-refractivity contribution is -0.526. The largest absolute Gasteiger partial charge is 0.573 e. The van der Waals surface area contributed by atoms with Gasteiger partial charge in [0.2, 0.25) is 11.9 Å². The second-order valence-electron chi connectivity index (χ2n) is 8.80. The zero-order chi connectivity index (χ0) is 25.7. The Labute approximate surface area is 202 Å². The Morgan fingerprint density at radius 1 is 1.06 bits per heavy atom. The van der Waals surface area contributed by atoms with Crippen molar-refractivity contribution < 1.29 is 32.7 Å². The molecule has 4 unspecified atom stereocenters. The van der Waals surface area contributed by atoms with Crippen LogP contribution in [0.2, 0.25) is 0 Å². The average Bonchev–Trinajstić information content (AvgIpc) is 3.30. The minimum atomic E-state index is -4.95. The highest BCUT2D eigenvalue weighted by Crippen LogP contribution is 2.53. The lowest BCUT2D eigenvalue weighted by Gasteiger charge is -2.30. The Kier molecular flexibility index (Phi) is 5.59. The fourth-order valence-electron chi connectivity index (χ4n) is 5.34. The van der Waals surface area contributed by atoms with Gasteiger partial charge >= 0.3 is 6.36 Å². The Hall–Kier alpha value is -4.12. The molecule has 0 aliphatic carbocycles. The normalized spacial score (nSPS) is 25.0. The van der Waals surface area contributed by atoms with Gasteiger partial charge in [-0.3, -0.25) is 20.2 Å². The number of rotatable bonds is 5. The summed E-state index contributed by atoms with van der Waals surface area (Å²) >= 11 is 0. The van der Waals surface area contributed by atoms with Gasteiger partial charge in [-0.1, -0.05) is 42.5 Å². The number of fused-ring (bicyclic) bond motifs is 2. The van der Waals surface area contributed by atoms with Crippen molar-refractivity contribution in [3.05, 3.63) is 99.6 Å². The first-order chi connectivity index (χ1) is 17.1. The first-order valence-electron chi connectivity index (χ1n) is 11.0. The number of nitrogens with one attached hydrogen (secondary N) is 2. The van der Waals surface area contributed by atoms with Gasteiger partial charge in [0.15, 0.2) is 0 Å². The number of aromatic hydroxyl groups is 1. The minimum absolute atomic E-state index is 0.0314. The zero-order valence-corrected chi connectivity index (χ0v) is 18.5. The summed E-state index contributed by atoms with van der Waals surface area (Å²) in [6.07, 6.45) is -4.82. The summed E-state index contributed by atoms with van der Waals surface area (Å²) in [4.78, 5) is 25.6. The minimum Gasteiger partial charge on any atom is -0.508 e. The summed E-state index contributed by atoms with van der Waals surface area (Å²) in [7, 11) is 0. The molecule has 2 heterocycles. The number of halogens is 3. The molecule has 2 aliphatic heterocycles. The number of ether oxygens (including phenoxy) is 1. The second kappa shape index (κ2) is 8.52. The second-order valence-corrected chi connectivity index (χ2v) is 8.80. The van der Waals surface area contributed by atoms with Crippen LogP contribution in [-0.2, 0) is 16.8 Å². The maximum Gasteiger partial charge on any atom is 0.573 e. The molecule has 0 radical (unpaired) electrons. The lowest BCUT2D eigenvalue weighted by Crippen LogP contribution is -2.49. The predicted molar refractivity (Wildman–Crippen MR) is 122 cm³/mol. The molecule has 1 amide bonds. The van der Waals surface area contributed by atoms with Crippen molar-refractivity contribution in [2.45, 2.75) is 36.3 Å². The molecule has 1 fully saturated rings. The first-order valence-corrected chi connectivity index (χ1v) is 11.0. The van der Waals surface area contributed by atoms with Crippen LogP contribution in [0.4, 0.5) is 18.9 Å². The molecular weight excluding hydrogens is 479 g/mol.